The maximum Gasteiger partial charge on any atom is 0.337 e. The number of ether oxygens (including phenoxy) is 1. The van der Waals surface area contributed by atoms with Gasteiger partial charge in [-0.1, -0.05) is 35.9 Å². The van der Waals surface area contributed by atoms with Crippen molar-refractivity contribution in [1.82, 2.24) is 5.32 Å². The third kappa shape index (κ3) is 6.96. The summed E-state index contributed by atoms with van der Waals surface area (Å²) in [4.78, 5) is 11.4. The van der Waals surface area contributed by atoms with Crippen LogP contribution in [0, 0.1) is 0 Å². The molecule has 0 bridgehead atoms. The van der Waals surface area contributed by atoms with Crippen molar-refractivity contribution < 1.29 is 14.6 Å². The van der Waals surface area contributed by atoms with E-state index in [0.29, 0.717) is 17.1 Å². The van der Waals surface area contributed by atoms with Crippen molar-refractivity contribution >= 4 is 30.0 Å². The quantitative estimate of drug-likeness (QED) is 0.655. The van der Waals surface area contributed by atoms with Crippen LogP contribution in [0.2, 0.25) is 5.02 Å². The fourth-order valence-electron chi connectivity index (χ4n) is 2.56. The first-order valence-electron chi connectivity index (χ1n) is 8.33. The van der Waals surface area contributed by atoms with Crippen molar-refractivity contribution in [3.05, 3.63) is 70.2 Å². The normalized spacial score (nSPS) is 12.8. The van der Waals surface area contributed by atoms with Crippen LogP contribution in [-0.4, -0.2) is 30.8 Å². The minimum atomic E-state index is -0.583. The van der Waals surface area contributed by atoms with E-state index in [4.69, 9.17) is 16.3 Å². The lowest BCUT2D eigenvalue weighted by molar-refractivity contribution is 0.0600. The fourth-order valence-corrected chi connectivity index (χ4v) is 2.75. The molecule has 0 fully saturated rings. The van der Waals surface area contributed by atoms with Crippen molar-refractivity contribution in [3.8, 4) is 0 Å². The lowest BCUT2D eigenvalue weighted by atomic mass is 10.0. The Morgan fingerprint density at radius 2 is 1.92 bits per heavy atom. The van der Waals surface area contributed by atoms with Crippen LogP contribution in [0.3, 0.4) is 0 Å². The van der Waals surface area contributed by atoms with E-state index in [1.165, 1.54) is 7.11 Å². The van der Waals surface area contributed by atoms with E-state index in [9.17, 15) is 9.90 Å². The number of methoxy groups -OCH3 is 1. The summed E-state index contributed by atoms with van der Waals surface area (Å²) in [6, 6.07) is 15.0. The Morgan fingerprint density at radius 1 is 1.23 bits per heavy atom. The lowest BCUT2D eigenvalue weighted by Gasteiger charge is -2.17. The second-order valence-electron chi connectivity index (χ2n) is 6.11. The average molecular weight is 398 g/mol. The lowest BCUT2D eigenvalue weighted by Crippen LogP contribution is -2.30. The molecule has 142 valence electrons. The second kappa shape index (κ2) is 11.2. The Hall–Kier alpha value is -1.59. The number of hydrogen-bond acceptors (Lipinski definition) is 4. The SMILES string of the molecule is COC(=O)c1ccc(CCC(C)NCC(O)c2cccc(Cl)c2)cc1.Cl. The van der Waals surface area contributed by atoms with Crippen molar-refractivity contribution in [2.24, 2.45) is 0 Å². The van der Waals surface area contributed by atoms with Gasteiger partial charge in [-0.3, -0.25) is 0 Å². The van der Waals surface area contributed by atoms with Crippen LogP contribution in [0.4, 0.5) is 0 Å². The molecule has 2 atom stereocenters. The van der Waals surface area contributed by atoms with Crippen LogP contribution in [-0.2, 0) is 11.2 Å². The molecule has 0 saturated heterocycles. The third-order valence-corrected chi connectivity index (χ3v) is 4.37. The molecule has 6 heteroatoms. The summed E-state index contributed by atoms with van der Waals surface area (Å²) < 4.78 is 4.69. The van der Waals surface area contributed by atoms with E-state index >= 15 is 0 Å². The number of halogens is 2. The van der Waals surface area contributed by atoms with Gasteiger partial charge < -0.3 is 15.2 Å². The summed E-state index contributed by atoms with van der Waals surface area (Å²) in [5, 5.41) is 14.2. The van der Waals surface area contributed by atoms with E-state index in [1.54, 1.807) is 24.3 Å². The number of carbonyl (C=O) groups is 1. The molecule has 26 heavy (non-hydrogen) atoms. The predicted octanol–water partition coefficient (Wildman–Crippen LogP) is 4.19. The van der Waals surface area contributed by atoms with Gasteiger partial charge in [-0.05, 0) is 55.2 Å². The van der Waals surface area contributed by atoms with E-state index in [0.717, 1.165) is 24.0 Å². The molecule has 2 aromatic carbocycles. The van der Waals surface area contributed by atoms with Gasteiger partial charge in [-0.25, -0.2) is 4.79 Å². The Labute approximate surface area is 165 Å². The second-order valence-corrected chi connectivity index (χ2v) is 6.54. The van der Waals surface area contributed by atoms with Crippen molar-refractivity contribution in [2.75, 3.05) is 13.7 Å². The fraction of sp³-hybridized carbons (Fsp3) is 0.350. The highest BCUT2D eigenvalue weighted by molar-refractivity contribution is 6.30. The van der Waals surface area contributed by atoms with E-state index in [1.807, 2.05) is 24.3 Å². The van der Waals surface area contributed by atoms with Gasteiger partial charge in [0.1, 0.15) is 0 Å². The Bertz CT molecular complexity index is 692. The number of hydrogen-bond donors (Lipinski definition) is 2. The Morgan fingerprint density at radius 3 is 2.54 bits per heavy atom. The maximum atomic E-state index is 11.4. The van der Waals surface area contributed by atoms with Crippen molar-refractivity contribution in [1.29, 1.82) is 0 Å². The van der Waals surface area contributed by atoms with Gasteiger partial charge >= 0.3 is 5.97 Å². The van der Waals surface area contributed by atoms with Crippen LogP contribution < -0.4 is 5.32 Å². The molecule has 2 aromatic rings. The van der Waals surface area contributed by atoms with Gasteiger partial charge in [0, 0.05) is 17.6 Å². The highest BCUT2D eigenvalue weighted by Gasteiger charge is 2.10. The maximum absolute atomic E-state index is 11.4. The number of aliphatic hydroxyl groups is 1. The molecule has 2 N–H and O–H groups in total. The molecule has 0 radical (unpaired) electrons. The standard InChI is InChI=1S/C20H24ClNO3.ClH/c1-14(22-13-19(23)17-4-3-5-18(21)12-17)6-7-15-8-10-16(11-9-15)20(24)25-2;/h3-5,8-12,14,19,22-23H,6-7,13H2,1-2H3;1H. The molecule has 0 heterocycles. The van der Waals surface area contributed by atoms with Crippen molar-refractivity contribution in [2.45, 2.75) is 31.9 Å². The number of carbonyl (C=O) groups excluding carboxylic acids is 1. The van der Waals surface area contributed by atoms with Gasteiger partial charge in [0.05, 0.1) is 18.8 Å². The molecule has 0 aliphatic heterocycles. The van der Waals surface area contributed by atoms with Crippen LogP contribution in [0.15, 0.2) is 48.5 Å². The molecule has 0 amide bonds. The van der Waals surface area contributed by atoms with Crippen LogP contribution >= 0.6 is 24.0 Å². The monoisotopic (exact) mass is 397 g/mol. The number of nitrogens with one attached hydrogen (secondary N) is 1. The topological polar surface area (TPSA) is 58.6 Å². The Balaban J connectivity index is 0.00000338. The summed E-state index contributed by atoms with van der Waals surface area (Å²) in [5.41, 5.74) is 2.53. The van der Waals surface area contributed by atoms with Crippen LogP contribution in [0.25, 0.3) is 0 Å². The first-order valence-corrected chi connectivity index (χ1v) is 8.71. The molecule has 4 nitrogen and oxygen atoms in total. The molecular weight excluding hydrogens is 373 g/mol. The predicted molar refractivity (Wildman–Crippen MR) is 107 cm³/mol. The number of benzene rings is 2. The molecule has 0 spiro atoms. The van der Waals surface area contributed by atoms with Crippen molar-refractivity contribution in [3.63, 3.8) is 0 Å². The third-order valence-electron chi connectivity index (χ3n) is 4.13. The van der Waals surface area contributed by atoms with Crippen LogP contribution in [0.1, 0.15) is 40.9 Å². The summed E-state index contributed by atoms with van der Waals surface area (Å²) in [7, 11) is 1.38. The molecule has 0 aliphatic rings. The molecule has 2 rings (SSSR count). The molecule has 0 saturated carbocycles. The minimum absolute atomic E-state index is 0. The first-order chi connectivity index (χ1) is 12.0. The average Bonchev–Trinajstić information content (AvgIpc) is 2.64. The summed E-state index contributed by atoms with van der Waals surface area (Å²) >= 11 is 5.95. The molecular formula is C20H25Cl2NO3. The minimum Gasteiger partial charge on any atom is -0.465 e. The molecule has 0 aromatic heterocycles. The number of aliphatic hydroxyl groups excluding tert-OH is 1. The molecule has 2 unspecified atom stereocenters. The van der Waals surface area contributed by atoms with Gasteiger partial charge in [0.2, 0.25) is 0 Å². The van der Waals surface area contributed by atoms with E-state index < -0.39 is 6.10 Å². The van der Waals surface area contributed by atoms with Gasteiger partial charge in [-0.15, -0.1) is 12.4 Å². The van der Waals surface area contributed by atoms with E-state index in [-0.39, 0.29) is 24.4 Å². The highest BCUT2D eigenvalue weighted by atomic mass is 35.5. The highest BCUT2D eigenvalue weighted by Crippen LogP contribution is 2.17. The number of aryl methyl sites for hydroxylation is 1. The summed E-state index contributed by atoms with van der Waals surface area (Å²) in [5.74, 6) is -0.323. The zero-order chi connectivity index (χ0) is 18.2. The smallest absolute Gasteiger partial charge is 0.337 e. The van der Waals surface area contributed by atoms with Gasteiger partial charge in [0.25, 0.3) is 0 Å². The number of esters is 1. The van der Waals surface area contributed by atoms with Gasteiger partial charge in [0.15, 0.2) is 0 Å². The van der Waals surface area contributed by atoms with Gasteiger partial charge in [-0.2, -0.15) is 0 Å². The van der Waals surface area contributed by atoms with Crippen LogP contribution in [0.5, 0.6) is 0 Å². The molecule has 0 aliphatic carbocycles. The first kappa shape index (κ1) is 22.5. The Kier molecular flexibility index (Phi) is 9.66. The number of rotatable bonds is 8. The summed E-state index contributed by atoms with van der Waals surface area (Å²) in [6.45, 7) is 2.57. The summed E-state index contributed by atoms with van der Waals surface area (Å²) in [6.07, 6.45) is 1.24. The van der Waals surface area contributed by atoms with E-state index in [2.05, 4.69) is 12.2 Å². The zero-order valence-corrected chi connectivity index (χ0v) is 16.5. The zero-order valence-electron chi connectivity index (χ0n) is 14.9. The largest absolute Gasteiger partial charge is 0.465 e.